The van der Waals surface area contributed by atoms with Crippen LogP contribution in [0.3, 0.4) is 0 Å². The summed E-state index contributed by atoms with van der Waals surface area (Å²) in [4.78, 5) is 13.0. The smallest absolute Gasteiger partial charge is 0.243 e. The summed E-state index contributed by atoms with van der Waals surface area (Å²) in [6.45, 7) is 2.56. The van der Waals surface area contributed by atoms with E-state index in [0.717, 1.165) is 44.2 Å². The Morgan fingerprint density at radius 3 is 2.57 bits per heavy atom. The number of sulfonamides is 1. The Morgan fingerprint density at radius 2 is 1.82 bits per heavy atom. The molecule has 1 aromatic rings. The maximum absolute atomic E-state index is 12.7. The van der Waals surface area contributed by atoms with Crippen molar-refractivity contribution in [3.8, 4) is 0 Å². The third-order valence-electron chi connectivity index (χ3n) is 6.34. The van der Waals surface area contributed by atoms with Crippen molar-refractivity contribution in [2.75, 3.05) is 19.6 Å². The average Bonchev–Trinajstić information content (AvgIpc) is 3.22. The Bertz CT molecular complexity index is 790. The van der Waals surface area contributed by atoms with Gasteiger partial charge < -0.3 is 5.32 Å². The maximum atomic E-state index is 12.7. The van der Waals surface area contributed by atoms with E-state index in [0.29, 0.717) is 30.4 Å². The Balaban J connectivity index is 1.35. The summed E-state index contributed by atoms with van der Waals surface area (Å²) in [5, 5.41) is 3.04. The van der Waals surface area contributed by atoms with Crippen LogP contribution in [0.1, 0.15) is 44.1 Å². The molecule has 1 aromatic carbocycles. The van der Waals surface area contributed by atoms with E-state index in [1.54, 1.807) is 28.6 Å². The van der Waals surface area contributed by atoms with Crippen LogP contribution < -0.4 is 16.2 Å². The highest BCUT2D eigenvalue weighted by molar-refractivity contribution is 7.89. The number of piperidine rings is 1. The summed E-state index contributed by atoms with van der Waals surface area (Å²) >= 11 is 0. The van der Waals surface area contributed by atoms with E-state index < -0.39 is 10.0 Å². The molecule has 2 heterocycles. The molecular weight excluding hydrogens is 376 g/mol. The fourth-order valence-corrected chi connectivity index (χ4v) is 6.21. The predicted octanol–water partition coefficient (Wildman–Crippen LogP) is 1.37. The number of carbonyl (C=O) groups is 1. The normalized spacial score (nSPS) is 28.6. The number of hydrogen-bond donors (Lipinski definition) is 3. The summed E-state index contributed by atoms with van der Waals surface area (Å²) in [5.74, 6) is 0.604. The number of hydrogen-bond acceptors (Lipinski definition) is 5. The molecule has 2 aliphatic heterocycles. The number of rotatable bonds is 5. The Hall–Kier alpha value is -1.48. The average molecular weight is 407 g/mol. The second kappa shape index (κ2) is 8.49. The molecule has 28 heavy (non-hydrogen) atoms. The van der Waals surface area contributed by atoms with E-state index in [4.69, 9.17) is 0 Å². The summed E-state index contributed by atoms with van der Waals surface area (Å²) < 4.78 is 27.0. The zero-order valence-corrected chi connectivity index (χ0v) is 17.0. The molecule has 1 saturated carbocycles. The van der Waals surface area contributed by atoms with Crippen LogP contribution in [0.4, 0.5) is 0 Å². The fourth-order valence-electron chi connectivity index (χ4n) is 4.69. The molecule has 4 rings (SSSR count). The Kier molecular flexibility index (Phi) is 6.01. The number of nitrogens with zero attached hydrogens (tertiary/aromatic N) is 1. The zero-order valence-electron chi connectivity index (χ0n) is 16.2. The Morgan fingerprint density at radius 1 is 1.07 bits per heavy atom. The minimum absolute atomic E-state index is 0.00694. The zero-order chi connectivity index (χ0) is 19.6. The minimum atomic E-state index is -3.41. The van der Waals surface area contributed by atoms with Crippen LogP contribution in [-0.4, -0.2) is 44.3 Å². The third-order valence-corrected chi connectivity index (χ3v) is 8.26. The van der Waals surface area contributed by atoms with Gasteiger partial charge in [0.15, 0.2) is 0 Å². The molecule has 154 valence electrons. The largest absolute Gasteiger partial charge is 0.352 e. The third kappa shape index (κ3) is 4.10. The van der Waals surface area contributed by atoms with Gasteiger partial charge in [-0.15, -0.1) is 0 Å². The lowest BCUT2D eigenvalue weighted by Crippen LogP contribution is -2.47. The monoisotopic (exact) mass is 406 g/mol. The van der Waals surface area contributed by atoms with Crippen molar-refractivity contribution < 1.29 is 13.2 Å². The molecule has 1 aliphatic carbocycles. The molecule has 7 nitrogen and oxygen atoms in total. The Labute approximate surface area is 167 Å². The van der Waals surface area contributed by atoms with Crippen LogP contribution in [0, 0.1) is 11.8 Å². The lowest BCUT2D eigenvalue weighted by atomic mass is 9.77. The van der Waals surface area contributed by atoms with Crippen molar-refractivity contribution in [2.45, 2.75) is 56.0 Å². The number of fused-ring (bicyclic) bond motifs is 1. The molecule has 0 bridgehead atoms. The van der Waals surface area contributed by atoms with Crippen molar-refractivity contribution in [1.29, 1.82) is 0 Å². The fraction of sp³-hybridized carbons (Fsp3) is 0.650. The molecule has 3 atom stereocenters. The van der Waals surface area contributed by atoms with E-state index in [1.807, 2.05) is 0 Å². The first-order valence-electron chi connectivity index (χ1n) is 10.4. The van der Waals surface area contributed by atoms with Crippen molar-refractivity contribution in [1.82, 2.24) is 20.5 Å². The second-order valence-electron chi connectivity index (χ2n) is 8.17. The number of benzene rings is 1. The molecule has 0 aromatic heterocycles. The molecule has 1 amide bonds. The second-order valence-corrected chi connectivity index (χ2v) is 10.1. The van der Waals surface area contributed by atoms with Gasteiger partial charge in [0.05, 0.1) is 10.8 Å². The molecule has 0 radical (unpaired) electrons. The topological polar surface area (TPSA) is 90.5 Å². The van der Waals surface area contributed by atoms with Crippen LogP contribution in [-0.2, 0) is 21.4 Å². The van der Waals surface area contributed by atoms with Crippen molar-refractivity contribution in [3.63, 3.8) is 0 Å². The first-order valence-corrected chi connectivity index (χ1v) is 11.8. The standard InChI is InChI=1S/C20H30N4O3S/c25-20(18-6-4-5-16-14-22-23-19(16)18)21-13-15-7-9-17(10-8-15)28(26,27)24-11-2-1-3-12-24/h7-10,16,18-19,22-23H,1-6,11-14H2,(H,21,25). The number of nitrogens with one attached hydrogen (secondary N) is 3. The van der Waals surface area contributed by atoms with Gasteiger partial charge in [-0.05, 0) is 49.3 Å². The van der Waals surface area contributed by atoms with Gasteiger partial charge in [0.25, 0.3) is 0 Å². The van der Waals surface area contributed by atoms with E-state index in [1.165, 1.54) is 6.42 Å². The highest BCUT2D eigenvalue weighted by Crippen LogP contribution is 2.31. The van der Waals surface area contributed by atoms with E-state index in [9.17, 15) is 13.2 Å². The molecule has 3 N–H and O–H groups in total. The van der Waals surface area contributed by atoms with Gasteiger partial charge in [-0.1, -0.05) is 25.0 Å². The molecule has 8 heteroatoms. The van der Waals surface area contributed by atoms with Gasteiger partial charge in [-0.2, -0.15) is 4.31 Å². The van der Waals surface area contributed by atoms with Crippen LogP contribution in [0.2, 0.25) is 0 Å². The summed E-state index contributed by atoms with van der Waals surface area (Å²) in [6, 6.07) is 7.13. The number of carbonyl (C=O) groups excluding carboxylic acids is 1. The van der Waals surface area contributed by atoms with Gasteiger partial charge in [-0.3, -0.25) is 15.6 Å². The lowest BCUT2D eigenvalue weighted by Gasteiger charge is -2.31. The van der Waals surface area contributed by atoms with Crippen molar-refractivity contribution in [2.24, 2.45) is 11.8 Å². The van der Waals surface area contributed by atoms with Gasteiger partial charge >= 0.3 is 0 Å². The SMILES string of the molecule is O=C(NCc1ccc(S(=O)(=O)N2CCCCC2)cc1)C1CCCC2CNNC21. The molecule has 2 saturated heterocycles. The first-order chi connectivity index (χ1) is 13.6. The molecular formula is C20H30N4O3S. The summed E-state index contributed by atoms with van der Waals surface area (Å²) in [6.07, 6.45) is 6.12. The minimum Gasteiger partial charge on any atom is -0.352 e. The van der Waals surface area contributed by atoms with Crippen molar-refractivity contribution in [3.05, 3.63) is 29.8 Å². The molecule has 3 unspecified atom stereocenters. The van der Waals surface area contributed by atoms with E-state index in [2.05, 4.69) is 16.2 Å². The van der Waals surface area contributed by atoms with Crippen LogP contribution in [0.15, 0.2) is 29.2 Å². The molecule has 3 fully saturated rings. The lowest BCUT2D eigenvalue weighted by molar-refractivity contribution is -0.127. The number of hydrazine groups is 1. The van der Waals surface area contributed by atoms with Gasteiger partial charge in [0, 0.05) is 32.2 Å². The predicted molar refractivity (Wildman–Crippen MR) is 107 cm³/mol. The number of amides is 1. The highest BCUT2D eigenvalue weighted by atomic mass is 32.2. The maximum Gasteiger partial charge on any atom is 0.243 e. The summed E-state index contributed by atoms with van der Waals surface area (Å²) in [7, 11) is -3.41. The van der Waals surface area contributed by atoms with E-state index >= 15 is 0 Å². The van der Waals surface area contributed by atoms with Crippen molar-refractivity contribution >= 4 is 15.9 Å². The van der Waals surface area contributed by atoms with Gasteiger partial charge in [0.1, 0.15) is 0 Å². The van der Waals surface area contributed by atoms with Gasteiger partial charge in [0.2, 0.25) is 15.9 Å². The van der Waals surface area contributed by atoms with Gasteiger partial charge in [-0.25, -0.2) is 8.42 Å². The van der Waals surface area contributed by atoms with Crippen LogP contribution in [0.5, 0.6) is 0 Å². The highest BCUT2D eigenvalue weighted by Gasteiger charge is 2.40. The van der Waals surface area contributed by atoms with Crippen LogP contribution >= 0.6 is 0 Å². The quantitative estimate of drug-likeness (QED) is 0.687. The van der Waals surface area contributed by atoms with Crippen LogP contribution in [0.25, 0.3) is 0 Å². The molecule has 3 aliphatic rings. The van der Waals surface area contributed by atoms with E-state index in [-0.39, 0.29) is 17.9 Å². The summed E-state index contributed by atoms with van der Waals surface area (Å²) in [5.41, 5.74) is 7.35. The molecule has 0 spiro atoms. The first kappa shape index (κ1) is 19.8.